The van der Waals surface area contributed by atoms with E-state index >= 15 is 0 Å². The van der Waals surface area contributed by atoms with E-state index in [1.807, 2.05) is 30.3 Å². The molecule has 3 aliphatic carbocycles. The van der Waals surface area contributed by atoms with Crippen molar-refractivity contribution in [2.75, 3.05) is 0 Å². The Labute approximate surface area is 222 Å². The Bertz CT molecular complexity index is 988. The fourth-order valence-electron chi connectivity index (χ4n) is 8.01. The molecule has 0 unspecified atom stereocenters. The lowest BCUT2D eigenvalue weighted by atomic mass is 9.65. The van der Waals surface area contributed by atoms with E-state index in [9.17, 15) is 4.21 Å². The summed E-state index contributed by atoms with van der Waals surface area (Å²) < 4.78 is 36.1. The zero-order valence-electron chi connectivity index (χ0n) is 23.8. The molecule has 2 bridgehead atoms. The largest absolute Gasteiger partial charge is 0.413 e. The van der Waals surface area contributed by atoms with E-state index in [0.717, 1.165) is 30.6 Å². The highest BCUT2D eigenvalue weighted by molar-refractivity contribution is 7.85. The monoisotopic (exact) mass is 532 g/mol. The smallest absolute Gasteiger partial charge is 0.192 e. The highest BCUT2D eigenvalue weighted by atomic mass is 32.2. The van der Waals surface area contributed by atoms with E-state index < -0.39 is 30.5 Å². The molecule has 0 aromatic heterocycles. The number of fused-ring (bicyclic) bond motifs is 1. The van der Waals surface area contributed by atoms with Crippen molar-refractivity contribution in [3.05, 3.63) is 30.3 Å². The van der Waals surface area contributed by atoms with Crippen molar-refractivity contribution >= 4 is 19.1 Å². The predicted molar refractivity (Wildman–Crippen MR) is 149 cm³/mol. The van der Waals surface area contributed by atoms with E-state index in [0.29, 0.717) is 11.8 Å². The molecule has 4 nitrogen and oxygen atoms in total. The van der Waals surface area contributed by atoms with Crippen molar-refractivity contribution in [2.24, 2.45) is 17.3 Å². The fourth-order valence-corrected chi connectivity index (χ4v) is 11.3. The van der Waals surface area contributed by atoms with Crippen LogP contribution >= 0.6 is 0 Å². The highest BCUT2D eigenvalue weighted by Gasteiger charge is 2.77. The second kappa shape index (κ2) is 9.01. The van der Waals surface area contributed by atoms with Gasteiger partial charge in [-0.3, -0.25) is 4.21 Å². The standard InChI is InChI=1S/C30H48O4SSi/c1-21-20-29-19-13-12-14-22(26(29)33-36(7,8)27(2,3)4)17-18-24(35(31)23-15-10-9-11-16-23)30(29)25(21)32-28(5,6)34-30/h9-11,15-16,21-22,24-26H,12-14,17-20H2,1-8H3/t21-,22+,24+,25+,26+,29-,30+,35-/m1/s1. The Morgan fingerprint density at radius 3 is 2.42 bits per heavy atom. The van der Waals surface area contributed by atoms with Gasteiger partial charge in [-0.25, -0.2) is 0 Å². The normalized spacial score (nSPS) is 41.2. The molecule has 0 N–H and O–H groups in total. The highest BCUT2D eigenvalue weighted by Crippen LogP contribution is 2.69. The summed E-state index contributed by atoms with van der Waals surface area (Å²) in [5.41, 5.74) is -0.796. The van der Waals surface area contributed by atoms with Crippen molar-refractivity contribution in [3.8, 4) is 0 Å². The van der Waals surface area contributed by atoms with Crippen LogP contribution in [0.1, 0.15) is 86.5 Å². The van der Waals surface area contributed by atoms with Gasteiger partial charge >= 0.3 is 0 Å². The minimum absolute atomic E-state index is 0.0625. The molecule has 2 spiro atoms. The first-order chi connectivity index (χ1) is 16.7. The zero-order valence-corrected chi connectivity index (χ0v) is 25.6. The van der Waals surface area contributed by atoms with Gasteiger partial charge in [-0.15, -0.1) is 0 Å². The van der Waals surface area contributed by atoms with Crippen LogP contribution in [-0.4, -0.2) is 41.4 Å². The van der Waals surface area contributed by atoms with Gasteiger partial charge in [-0.2, -0.15) is 0 Å². The molecule has 4 aliphatic rings. The molecule has 0 radical (unpaired) electrons. The third-order valence-corrected chi connectivity index (χ3v) is 16.7. The van der Waals surface area contributed by atoms with Gasteiger partial charge in [0.25, 0.3) is 0 Å². The molecule has 0 amide bonds. The van der Waals surface area contributed by atoms with Crippen molar-refractivity contribution < 1.29 is 18.1 Å². The summed E-state index contributed by atoms with van der Waals surface area (Å²) in [6, 6.07) is 10.1. The van der Waals surface area contributed by atoms with Gasteiger partial charge in [0.2, 0.25) is 0 Å². The van der Waals surface area contributed by atoms with Crippen molar-refractivity contribution in [1.29, 1.82) is 0 Å². The Hall–Kier alpha value is -0.533. The van der Waals surface area contributed by atoms with Crippen LogP contribution in [0.15, 0.2) is 35.2 Å². The lowest BCUT2D eigenvalue weighted by Gasteiger charge is -2.54. The van der Waals surface area contributed by atoms with Crippen LogP contribution < -0.4 is 0 Å². The quantitative estimate of drug-likeness (QED) is 0.378. The van der Waals surface area contributed by atoms with Crippen molar-refractivity contribution in [2.45, 2.75) is 138 Å². The molecule has 6 heteroatoms. The third kappa shape index (κ3) is 4.04. The molecule has 1 aliphatic heterocycles. The first-order valence-electron chi connectivity index (χ1n) is 14.3. The molecule has 202 valence electrons. The number of benzene rings is 1. The van der Waals surface area contributed by atoms with Crippen molar-refractivity contribution in [1.82, 2.24) is 0 Å². The van der Waals surface area contributed by atoms with Gasteiger partial charge in [-0.1, -0.05) is 58.7 Å². The molecule has 1 saturated heterocycles. The lowest BCUT2D eigenvalue weighted by Crippen LogP contribution is -2.64. The van der Waals surface area contributed by atoms with Crippen LogP contribution in [0.3, 0.4) is 0 Å². The fraction of sp³-hybridized carbons (Fsp3) is 0.800. The van der Waals surface area contributed by atoms with Crippen LogP contribution in [0.25, 0.3) is 0 Å². The van der Waals surface area contributed by atoms with E-state index in [-0.39, 0.29) is 27.9 Å². The molecular weight excluding hydrogens is 484 g/mol. The molecule has 1 aromatic carbocycles. The summed E-state index contributed by atoms with van der Waals surface area (Å²) in [5, 5.41) is 0.0271. The topological polar surface area (TPSA) is 44.8 Å². The van der Waals surface area contributed by atoms with E-state index in [1.165, 1.54) is 19.3 Å². The first-order valence-corrected chi connectivity index (χ1v) is 18.4. The average Bonchev–Trinajstić information content (AvgIpc) is 3.08. The lowest BCUT2D eigenvalue weighted by molar-refractivity contribution is -0.212. The minimum Gasteiger partial charge on any atom is -0.413 e. The van der Waals surface area contributed by atoms with Gasteiger partial charge in [0.05, 0.1) is 28.3 Å². The summed E-state index contributed by atoms with van der Waals surface area (Å²) in [6.45, 7) is 18.3. The maximum Gasteiger partial charge on any atom is 0.192 e. The predicted octanol–water partition coefficient (Wildman–Crippen LogP) is 7.45. The Balaban J connectivity index is 1.71. The van der Waals surface area contributed by atoms with E-state index in [1.54, 1.807) is 0 Å². The molecule has 36 heavy (non-hydrogen) atoms. The number of rotatable bonds is 4. The zero-order chi connectivity index (χ0) is 26.1. The van der Waals surface area contributed by atoms with Crippen LogP contribution in [0.5, 0.6) is 0 Å². The summed E-state index contributed by atoms with van der Waals surface area (Å²) >= 11 is 0. The molecular formula is C30H48O4SSi. The average molecular weight is 533 g/mol. The Morgan fingerprint density at radius 2 is 1.75 bits per heavy atom. The van der Waals surface area contributed by atoms with Gasteiger partial charge < -0.3 is 13.9 Å². The second-order valence-corrected chi connectivity index (χ2v) is 20.5. The SMILES string of the molecule is C[C@@H]1C[C@@]23CCCC[C@@H](CC[C@H]([S@](=O)c4ccccc4)[C@@]24OC(C)(C)O[C@@H]14)[C@@H]3O[Si](C)(C)C(C)(C)C. The first kappa shape index (κ1) is 27.0. The van der Waals surface area contributed by atoms with Crippen molar-refractivity contribution in [3.63, 3.8) is 0 Å². The maximum absolute atomic E-state index is 14.5. The molecule has 1 aromatic rings. The number of hydrogen-bond acceptors (Lipinski definition) is 4. The minimum atomic E-state index is -2.06. The summed E-state index contributed by atoms with van der Waals surface area (Å²) in [5.74, 6) is 0.123. The van der Waals surface area contributed by atoms with Gasteiger partial charge in [0, 0.05) is 10.3 Å². The number of hydrogen-bond donors (Lipinski definition) is 0. The summed E-state index contributed by atoms with van der Waals surface area (Å²) in [7, 11) is -3.24. The van der Waals surface area contributed by atoms with E-state index in [4.69, 9.17) is 13.9 Å². The van der Waals surface area contributed by atoms with Crippen LogP contribution in [-0.2, 0) is 24.7 Å². The molecule has 4 fully saturated rings. The second-order valence-electron chi connectivity index (χ2n) is 14.2. The van der Waals surface area contributed by atoms with Crippen LogP contribution in [0.2, 0.25) is 18.1 Å². The molecule has 3 saturated carbocycles. The third-order valence-electron chi connectivity index (χ3n) is 10.4. The molecule has 5 rings (SSSR count). The Morgan fingerprint density at radius 1 is 1.06 bits per heavy atom. The molecule has 8 atom stereocenters. The Kier molecular flexibility index (Phi) is 6.77. The van der Waals surface area contributed by atoms with E-state index in [2.05, 4.69) is 54.6 Å². The van der Waals surface area contributed by atoms with Gasteiger partial charge in [0.15, 0.2) is 14.1 Å². The summed E-state index contributed by atoms with van der Waals surface area (Å²) in [4.78, 5) is 0.912. The summed E-state index contributed by atoms with van der Waals surface area (Å²) in [6.07, 6.45) is 7.75. The van der Waals surface area contributed by atoms with Gasteiger partial charge in [-0.05, 0) is 88.1 Å². The van der Waals surface area contributed by atoms with Crippen LogP contribution in [0.4, 0.5) is 0 Å². The van der Waals surface area contributed by atoms with Crippen LogP contribution in [0, 0.1) is 17.3 Å². The van der Waals surface area contributed by atoms with Gasteiger partial charge in [0.1, 0.15) is 5.60 Å². The maximum atomic E-state index is 14.5. The molecule has 1 heterocycles. The number of ether oxygens (including phenoxy) is 2.